The third-order valence-electron chi connectivity index (χ3n) is 10.8. The number of aryl methyl sites for hydroxylation is 1. The molecule has 2 atom stereocenters. The molecule has 3 aromatic carbocycles. The average Bonchev–Trinajstić information content (AvgIpc) is 3.76. The lowest BCUT2D eigenvalue weighted by molar-refractivity contribution is -0.716. The fourth-order valence-electron chi connectivity index (χ4n) is 8.15. The van der Waals surface area contributed by atoms with Crippen molar-refractivity contribution in [2.75, 3.05) is 24.6 Å². The van der Waals surface area contributed by atoms with Gasteiger partial charge in [-0.1, -0.05) is 81.4 Å². The zero-order valence-corrected chi connectivity index (χ0v) is 31.0. The van der Waals surface area contributed by atoms with E-state index in [0.717, 1.165) is 80.9 Å². The summed E-state index contributed by atoms with van der Waals surface area (Å²) in [5.41, 5.74) is 23.2. The second kappa shape index (κ2) is 13.0. The van der Waals surface area contributed by atoms with E-state index in [0.29, 0.717) is 18.2 Å². The molecule has 11 heteroatoms. The molecular formula is C43H44N11+. The van der Waals surface area contributed by atoms with Crippen LogP contribution < -0.4 is 21.4 Å². The number of hydrogen-bond donors (Lipinski definition) is 3. The molecule has 1 saturated heterocycles. The van der Waals surface area contributed by atoms with Crippen LogP contribution in [0.5, 0.6) is 0 Å². The van der Waals surface area contributed by atoms with E-state index >= 15 is 0 Å². The van der Waals surface area contributed by atoms with E-state index in [1.54, 1.807) is 0 Å². The molecule has 8 aromatic rings. The molecule has 270 valence electrons. The van der Waals surface area contributed by atoms with Crippen molar-refractivity contribution in [2.24, 2.45) is 5.92 Å². The molecule has 1 fully saturated rings. The topological polar surface area (TPSA) is 142 Å². The molecule has 11 nitrogen and oxygen atoms in total. The van der Waals surface area contributed by atoms with E-state index in [4.69, 9.17) is 31.5 Å². The molecule has 2 unspecified atom stereocenters. The van der Waals surface area contributed by atoms with E-state index in [1.165, 1.54) is 17.5 Å². The first-order chi connectivity index (χ1) is 26.2. The number of benzene rings is 3. The van der Waals surface area contributed by atoms with Gasteiger partial charge in [0.2, 0.25) is 0 Å². The first kappa shape index (κ1) is 33.6. The van der Waals surface area contributed by atoms with E-state index < -0.39 is 0 Å². The SMILES string of the molecule is Cc1cc(-c2nn(CC3CCNCC3[n+]3ccn4c(C(C)(C)C)nc(-c5cnc6ccccc6c5)c4c3N)c3ncnc(N)c23)ccc1-c1ccccc1. The van der Waals surface area contributed by atoms with Crippen molar-refractivity contribution in [3.05, 3.63) is 115 Å². The summed E-state index contributed by atoms with van der Waals surface area (Å²) in [5, 5.41) is 10.7. The normalized spacial score (nSPS) is 16.4. The highest BCUT2D eigenvalue weighted by molar-refractivity contribution is 5.98. The minimum absolute atomic E-state index is 0.0357. The molecule has 6 heterocycles. The molecule has 54 heavy (non-hydrogen) atoms. The summed E-state index contributed by atoms with van der Waals surface area (Å²) in [5.74, 6) is 2.21. The zero-order valence-electron chi connectivity index (χ0n) is 31.0. The van der Waals surface area contributed by atoms with Crippen LogP contribution in [0, 0.1) is 12.8 Å². The van der Waals surface area contributed by atoms with Gasteiger partial charge in [-0.3, -0.25) is 15.1 Å². The highest BCUT2D eigenvalue weighted by atomic mass is 15.3. The molecule has 0 spiro atoms. The lowest BCUT2D eigenvalue weighted by atomic mass is 9.92. The van der Waals surface area contributed by atoms with Crippen LogP contribution in [0.3, 0.4) is 0 Å². The molecule has 0 saturated carbocycles. The summed E-state index contributed by atoms with van der Waals surface area (Å²) < 4.78 is 6.39. The summed E-state index contributed by atoms with van der Waals surface area (Å²) in [6.45, 7) is 11.0. The third kappa shape index (κ3) is 5.72. The van der Waals surface area contributed by atoms with E-state index in [-0.39, 0.29) is 17.4 Å². The van der Waals surface area contributed by atoms with Crippen LogP contribution in [-0.2, 0) is 12.0 Å². The van der Waals surface area contributed by atoms with Crippen LogP contribution in [0.25, 0.3) is 61.1 Å². The van der Waals surface area contributed by atoms with Gasteiger partial charge in [-0.2, -0.15) is 5.10 Å². The van der Waals surface area contributed by atoms with Crippen molar-refractivity contribution in [3.63, 3.8) is 0 Å². The predicted octanol–water partition coefficient (Wildman–Crippen LogP) is 6.93. The fraction of sp³-hybridized carbons (Fsp3) is 0.256. The number of anilines is 2. The number of pyridine rings is 1. The number of nitrogens with one attached hydrogen (secondary N) is 1. The molecule has 5 aromatic heterocycles. The van der Waals surface area contributed by atoms with Crippen LogP contribution in [0.1, 0.15) is 44.6 Å². The van der Waals surface area contributed by atoms with E-state index in [9.17, 15) is 0 Å². The van der Waals surface area contributed by atoms with E-state index in [2.05, 4.69) is 114 Å². The fourth-order valence-corrected chi connectivity index (χ4v) is 8.15. The molecule has 0 amide bonds. The predicted molar refractivity (Wildman–Crippen MR) is 215 cm³/mol. The number of fused-ring (bicyclic) bond motifs is 3. The molecule has 1 aliphatic heterocycles. The van der Waals surface area contributed by atoms with Crippen LogP contribution in [0.4, 0.5) is 11.6 Å². The zero-order chi connectivity index (χ0) is 37.1. The Balaban J connectivity index is 1.12. The molecule has 0 aliphatic carbocycles. The minimum Gasteiger partial charge on any atom is -0.383 e. The standard InChI is InChI=1S/C43H43N11/c1-26-20-29(14-15-32(26)27-10-6-5-7-11-27)36-35-39(44)48-25-49-41(35)54(51-36)24-30-16-17-46-23-34(30)52-18-19-53-38(40(52)45)37(50-42(53)43(2,3)4)31-21-28-12-8-9-13-33(28)47-22-31/h5-15,18-22,25,30,34,45-46H,16-17,23-24H2,1-4H3,(H2,44,48,49,51)/p+1. The Morgan fingerprint density at radius 3 is 2.52 bits per heavy atom. The Kier molecular flexibility index (Phi) is 8.11. The van der Waals surface area contributed by atoms with E-state index in [1.807, 2.05) is 35.1 Å². The Morgan fingerprint density at radius 2 is 1.70 bits per heavy atom. The molecule has 5 N–H and O–H groups in total. The van der Waals surface area contributed by atoms with Crippen molar-refractivity contribution in [2.45, 2.75) is 52.1 Å². The smallest absolute Gasteiger partial charge is 0.299 e. The van der Waals surface area contributed by atoms with Crippen LogP contribution in [0.15, 0.2) is 104 Å². The van der Waals surface area contributed by atoms with Crippen molar-refractivity contribution in [3.8, 4) is 33.6 Å². The summed E-state index contributed by atoms with van der Waals surface area (Å²) in [7, 11) is 0. The van der Waals surface area contributed by atoms with Crippen molar-refractivity contribution < 1.29 is 4.57 Å². The maximum absolute atomic E-state index is 7.27. The van der Waals surface area contributed by atoms with Crippen molar-refractivity contribution in [1.29, 1.82) is 0 Å². The van der Waals surface area contributed by atoms with Crippen LogP contribution >= 0.6 is 0 Å². The maximum Gasteiger partial charge on any atom is 0.299 e. The largest absolute Gasteiger partial charge is 0.383 e. The summed E-state index contributed by atoms with van der Waals surface area (Å²) in [6, 6.07) is 27.2. The molecule has 0 radical (unpaired) electrons. The number of rotatable bonds is 6. The molecular weight excluding hydrogens is 671 g/mol. The first-order valence-electron chi connectivity index (χ1n) is 18.6. The summed E-state index contributed by atoms with van der Waals surface area (Å²) in [4.78, 5) is 19.1. The van der Waals surface area contributed by atoms with Gasteiger partial charge in [0.15, 0.2) is 11.2 Å². The van der Waals surface area contributed by atoms with Gasteiger partial charge in [-0.15, -0.1) is 0 Å². The lowest BCUT2D eigenvalue weighted by Crippen LogP contribution is -2.54. The third-order valence-corrected chi connectivity index (χ3v) is 10.8. The Labute approximate surface area is 313 Å². The van der Waals surface area contributed by atoms with Gasteiger partial charge in [0.25, 0.3) is 5.82 Å². The Morgan fingerprint density at radius 1 is 0.889 bits per heavy atom. The van der Waals surface area contributed by atoms with Gasteiger partial charge in [-0.05, 0) is 54.8 Å². The first-order valence-corrected chi connectivity index (χ1v) is 18.6. The maximum atomic E-state index is 7.27. The number of aromatic nitrogens is 8. The Hall–Kier alpha value is -6.20. The number of para-hydroxylation sites is 1. The van der Waals surface area contributed by atoms with Crippen LogP contribution in [0.2, 0.25) is 0 Å². The van der Waals surface area contributed by atoms with Gasteiger partial charge < -0.3 is 11.1 Å². The number of imidazole rings is 1. The molecule has 0 bridgehead atoms. The number of piperidine rings is 1. The van der Waals surface area contributed by atoms with Gasteiger partial charge in [0, 0.05) is 40.6 Å². The number of nitrogens with two attached hydrogens (primary N) is 2. The lowest BCUT2D eigenvalue weighted by Gasteiger charge is -2.31. The number of nitrogens with zero attached hydrogens (tertiary/aromatic N) is 8. The number of hydrogen-bond acceptors (Lipinski definition) is 8. The minimum atomic E-state index is -0.220. The quantitative estimate of drug-likeness (QED) is 0.158. The highest BCUT2D eigenvalue weighted by Crippen LogP contribution is 2.37. The van der Waals surface area contributed by atoms with Crippen molar-refractivity contribution >= 4 is 39.1 Å². The van der Waals surface area contributed by atoms with Crippen LogP contribution in [-0.4, -0.2) is 47.2 Å². The highest BCUT2D eigenvalue weighted by Gasteiger charge is 2.35. The Bertz CT molecular complexity index is 2690. The van der Waals surface area contributed by atoms with Crippen molar-refractivity contribution in [1.82, 2.24) is 39.4 Å². The summed E-state index contributed by atoms with van der Waals surface area (Å²) in [6.07, 6.45) is 8.58. The second-order valence-electron chi connectivity index (χ2n) is 15.5. The van der Waals surface area contributed by atoms with Gasteiger partial charge >= 0.3 is 0 Å². The molecule has 1 aliphatic rings. The monoisotopic (exact) mass is 714 g/mol. The molecule has 9 rings (SSSR count). The number of nitrogen functional groups attached to an aromatic ring is 2. The summed E-state index contributed by atoms with van der Waals surface area (Å²) >= 11 is 0. The van der Waals surface area contributed by atoms with Gasteiger partial charge in [-0.25, -0.2) is 24.2 Å². The average molecular weight is 715 g/mol. The second-order valence-corrected chi connectivity index (χ2v) is 15.5. The van der Waals surface area contributed by atoms with Gasteiger partial charge in [0.1, 0.15) is 41.6 Å². The van der Waals surface area contributed by atoms with Gasteiger partial charge in [0.05, 0.1) is 23.6 Å².